The maximum absolute atomic E-state index is 14.4. The van der Waals surface area contributed by atoms with Gasteiger partial charge in [0.1, 0.15) is 11.6 Å². The molecule has 0 saturated carbocycles. The third-order valence-corrected chi connectivity index (χ3v) is 6.87. The Labute approximate surface area is 196 Å². The number of nitrogens with one attached hydrogen (secondary N) is 1. The minimum Gasteiger partial charge on any atom is -0.481 e. The van der Waals surface area contributed by atoms with Gasteiger partial charge in [-0.1, -0.05) is 0 Å². The van der Waals surface area contributed by atoms with Crippen molar-refractivity contribution in [3.63, 3.8) is 0 Å². The summed E-state index contributed by atoms with van der Waals surface area (Å²) in [6, 6.07) is 3.57. The molecule has 5 rings (SSSR count). The first-order chi connectivity index (χ1) is 16.3. The van der Waals surface area contributed by atoms with E-state index in [-0.39, 0.29) is 17.3 Å². The zero-order chi connectivity index (χ0) is 24.0. The first-order valence-corrected chi connectivity index (χ1v) is 11.3. The molecule has 178 valence electrons. The highest BCUT2D eigenvalue weighted by Gasteiger charge is 2.43. The molecule has 1 spiro atoms. The third-order valence-electron chi connectivity index (χ3n) is 6.87. The number of nitrogens with zero attached hydrogens (tertiary/aromatic N) is 7. The van der Waals surface area contributed by atoms with Gasteiger partial charge in [-0.15, -0.1) is 10.2 Å². The lowest BCUT2D eigenvalue weighted by molar-refractivity contribution is -0.131. The van der Waals surface area contributed by atoms with Crippen molar-refractivity contribution < 1.29 is 13.9 Å². The average Bonchev–Trinajstić information content (AvgIpc) is 3.44. The third kappa shape index (κ3) is 3.84. The van der Waals surface area contributed by atoms with Gasteiger partial charge in [0.25, 0.3) is 0 Å². The Morgan fingerprint density at radius 1 is 1.32 bits per heavy atom. The highest BCUT2D eigenvalue weighted by atomic mass is 19.1. The van der Waals surface area contributed by atoms with Gasteiger partial charge >= 0.3 is 0 Å². The average molecular weight is 467 g/mol. The molecule has 2 aliphatic rings. The summed E-state index contributed by atoms with van der Waals surface area (Å²) in [6.07, 6.45) is 3.60. The van der Waals surface area contributed by atoms with Crippen LogP contribution in [0, 0.1) is 12.7 Å². The van der Waals surface area contributed by atoms with Crippen LogP contribution in [0.2, 0.25) is 0 Å². The van der Waals surface area contributed by atoms with Gasteiger partial charge in [0.15, 0.2) is 0 Å². The van der Waals surface area contributed by atoms with Crippen molar-refractivity contribution in [3.05, 3.63) is 41.0 Å². The molecule has 0 radical (unpaired) electrons. The maximum Gasteiger partial charge on any atom is 0.230 e. The van der Waals surface area contributed by atoms with Gasteiger partial charge in [-0.2, -0.15) is 4.80 Å². The molecule has 2 aliphatic heterocycles. The van der Waals surface area contributed by atoms with E-state index in [1.54, 1.807) is 14.0 Å². The maximum atomic E-state index is 14.4. The van der Waals surface area contributed by atoms with E-state index >= 15 is 0 Å². The number of aryl methyl sites for hydroxylation is 3. The number of carbonyl (C=O) groups excluding carboxylic acids is 1. The Kier molecular flexibility index (Phi) is 5.41. The van der Waals surface area contributed by atoms with Crippen LogP contribution >= 0.6 is 0 Å². The Hall–Kier alpha value is -3.63. The van der Waals surface area contributed by atoms with Crippen molar-refractivity contribution in [2.75, 3.05) is 25.5 Å². The molecule has 0 aromatic carbocycles. The van der Waals surface area contributed by atoms with Gasteiger partial charge in [0, 0.05) is 30.3 Å². The summed E-state index contributed by atoms with van der Waals surface area (Å²) < 4.78 is 19.5. The highest BCUT2D eigenvalue weighted by molar-refractivity contribution is 5.84. The molecular weight excluding hydrogens is 439 g/mol. The first kappa shape index (κ1) is 22.2. The van der Waals surface area contributed by atoms with Crippen molar-refractivity contribution >= 4 is 11.7 Å². The fraction of sp³-hybridized carbons (Fsp3) is 0.478. The van der Waals surface area contributed by atoms with Crippen molar-refractivity contribution in [1.82, 2.24) is 35.1 Å². The van der Waals surface area contributed by atoms with E-state index in [0.717, 1.165) is 48.1 Å². The van der Waals surface area contributed by atoms with E-state index in [1.165, 1.54) is 18.0 Å². The van der Waals surface area contributed by atoms with Crippen LogP contribution < -0.4 is 10.1 Å². The number of amides is 1. The van der Waals surface area contributed by atoms with Crippen LogP contribution in [0.15, 0.2) is 18.3 Å². The molecule has 1 saturated heterocycles. The van der Waals surface area contributed by atoms with Gasteiger partial charge in [0.05, 0.1) is 37.5 Å². The van der Waals surface area contributed by atoms with E-state index in [2.05, 4.69) is 31.8 Å². The van der Waals surface area contributed by atoms with Crippen LogP contribution in [0.3, 0.4) is 0 Å². The van der Waals surface area contributed by atoms with Crippen LogP contribution in [0.4, 0.5) is 10.2 Å². The lowest BCUT2D eigenvalue weighted by atomic mass is 9.86. The zero-order valence-corrected chi connectivity index (χ0v) is 19.7. The number of halogens is 1. The van der Waals surface area contributed by atoms with Crippen LogP contribution in [0.25, 0.3) is 11.4 Å². The van der Waals surface area contributed by atoms with E-state index in [1.807, 2.05) is 11.8 Å². The van der Waals surface area contributed by atoms with Crippen molar-refractivity contribution in [3.8, 4) is 17.3 Å². The largest absolute Gasteiger partial charge is 0.481 e. The van der Waals surface area contributed by atoms with Crippen LogP contribution in [0.5, 0.6) is 5.88 Å². The molecule has 1 N–H and O–H groups in total. The quantitative estimate of drug-likeness (QED) is 0.623. The fourth-order valence-electron chi connectivity index (χ4n) is 4.90. The molecule has 3 aromatic rings. The number of hydrogen-bond donors (Lipinski definition) is 1. The Bertz CT molecular complexity index is 1260. The number of tetrazole rings is 1. The van der Waals surface area contributed by atoms with Crippen molar-refractivity contribution in [2.45, 2.75) is 44.6 Å². The number of anilines is 1. The topological polar surface area (TPSA) is 111 Å². The van der Waals surface area contributed by atoms with E-state index in [0.29, 0.717) is 24.5 Å². The summed E-state index contributed by atoms with van der Waals surface area (Å²) in [4.78, 5) is 25.2. The summed E-state index contributed by atoms with van der Waals surface area (Å²) in [7, 11) is 3.20. The number of rotatable bonds is 4. The van der Waals surface area contributed by atoms with Crippen LogP contribution in [-0.2, 0) is 18.3 Å². The predicted octanol–water partition coefficient (Wildman–Crippen LogP) is 2.26. The summed E-state index contributed by atoms with van der Waals surface area (Å²) in [6.45, 7) is 4.81. The summed E-state index contributed by atoms with van der Waals surface area (Å²) in [5.41, 5.74) is 2.84. The lowest BCUT2D eigenvalue weighted by Crippen LogP contribution is -2.46. The molecule has 0 bridgehead atoms. The normalized spacial score (nSPS) is 20.2. The second kappa shape index (κ2) is 8.30. The summed E-state index contributed by atoms with van der Waals surface area (Å²) in [5.74, 6) is 0.436. The number of aromatic nitrogens is 6. The summed E-state index contributed by atoms with van der Waals surface area (Å²) >= 11 is 0. The molecule has 10 nitrogen and oxygen atoms in total. The zero-order valence-electron chi connectivity index (χ0n) is 19.7. The second-order valence-corrected chi connectivity index (χ2v) is 9.12. The molecule has 5 heterocycles. The highest BCUT2D eigenvalue weighted by Crippen LogP contribution is 2.38. The number of methoxy groups -OCH3 is 1. The monoisotopic (exact) mass is 466 g/mol. The Morgan fingerprint density at radius 3 is 2.88 bits per heavy atom. The van der Waals surface area contributed by atoms with E-state index < -0.39 is 11.7 Å². The SMILES string of the molecule is COc1cc(C(C)C(=O)N2CC[C@@]3(CCc4cc(-c5nnn(C)n5)c(C)nc4N3)C2)c(F)cn1. The van der Waals surface area contributed by atoms with Crippen LogP contribution in [-0.4, -0.2) is 66.7 Å². The molecule has 0 aliphatic carbocycles. The molecule has 11 heteroatoms. The molecular formula is C23H27FN8O2. The molecule has 1 fully saturated rings. The summed E-state index contributed by atoms with van der Waals surface area (Å²) in [5, 5.41) is 16.0. The minimum atomic E-state index is -0.634. The molecule has 3 aromatic heterocycles. The van der Waals surface area contributed by atoms with E-state index in [9.17, 15) is 9.18 Å². The molecule has 2 atom stereocenters. The number of ether oxygens (including phenoxy) is 1. The van der Waals surface area contributed by atoms with Gasteiger partial charge in [-0.3, -0.25) is 4.79 Å². The first-order valence-electron chi connectivity index (χ1n) is 11.3. The molecule has 1 unspecified atom stereocenters. The van der Waals surface area contributed by atoms with Gasteiger partial charge in [-0.25, -0.2) is 14.4 Å². The Balaban J connectivity index is 1.33. The minimum absolute atomic E-state index is 0.107. The van der Waals surface area contributed by atoms with Crippen molar-refractivity contribution in [1.29, 1.82) is 0 Å². The standard InChI is InChI=1S/C23H27FN8O2/c1-13(16-10-19(34-4)25-11-18(16)24)22(33)32-8-7-23(12-32)6-5-15-9-17(14(2)26-20(15)27-23)21-28-30-31(3)29-21/h9-11,13H,5-8,12H2,1-4H3,(H,26,27)/t13?,23-/m0/s1. The number of hydrogen-bond acceptors (Lipinski definition) is 8. The van der Waals surface area contributed by atoms with Gasteiger partial charge < -0.3 is 15.0 Å². The number of pyridine rings is 2. The van der Waals surface area contributed by atoms with E-state index in [4.69, 9.17) is 9.72 Å². The smallest absolute Gasteiger partial charge is 0.230 e. The second-order valence-electron chi connectivity index (χ2n) is 9.12. The molecule has 1 amide bonds. The predicted molar refractivity (Wildman–Crippen MR) is 122 cm³/mol. The number of carbonyl (C=O) groups is 1. The Morgan fingerprint density at radius 2 is 2.15 bits per heavy atom. The number of likely N-dealkylation sites (tertiary alicyclic amines) is 1. The lowest BCUT2D eigenvalue weighted by Gasteiger charge is -2.36. The van der Waals surface area contributed by atoms with Gasteiger partial charge in [0.2, 0.25) is 17.6 Å². The number of fused-ring (bicyclic) bond motifs is 1. The fourth-order valence-corrected chi connectivity index (χ4v) is 4.90. The molecule has 34 heavy (non-hydrogen) atoms. The van der Waals surface area contributed by atoms with Crippen LogP contribution in [0.1, 0.15) is 42.5 Å². The van der Waals surface area contributed by atoms with Gasteiger partial charge in [-0.05, 0) is 50.0 Å². The van der Waals surface area contributed by atoms with Crippen molar-refractivity contribution in [2.24, 2.45) is 7.05 Å².